The summed E-state index contributed by atoms with van der Waals surface area (Å²) >= 11 is 0. The van der Waals surface area contributed by atoms with Gasteiger partial charge in [-0.2, -0.15) is 0 Å². The van der Waals surface area contributed by atoms with E-state index < -0.39 is 0 Å². The minimum Gasteiger partial charge on any atom is -0.395 e. The molecule has 0 heterocycles. The van der Waals surface area contributed by atoms with Gasteiger partial charge >= 0.3 is 0 Å². The summed E-state index contributed by atoms with van der Waals surface area (Å²) in [6, 6.07) is 9.08. The van der Waals surface area contributed by atoms with Gasteiger partial charge in [-0.3, -0.25) is 9.69 Å². The van der Waals surface area contributed by atoms with Crippen LogP contribution < -0.4 is 5.32 Å². The summed E-state index contributed by atoms with van der Waals surface area (Å²) < 4.78 is 0. The van der Waals surface area contributed by atoms with E-state index in [9.17, 15) is 4.79 Å². The number of hydrogen-bond acceptors (Lipinski definition) is 3. The Morgan fingerprint density at radius 1 is 1.44 bits per heavy atom. The van der Waals surface area contributed by atoms with E-state index in [-0.39, 0.29) is 18.6 Å². The molecule has 1 rings (SSSR count). The zero-order valence-electron chi connectivity index (χ0n) is 9.68. The van der Waals surface area contributed by atoms with Gasteiger partial charge in [0.1, 0.15) is 0 Å². The van der Waals surface area contributed by atoms with Crippen LogP contribution in [0.3, 0.4) is 0 Å². The Hall–Kier alpha value is -1.39. The molecule has 1 aromatic rings. The molecule has 1 aromatic carbocycles. The largest absolute Gasteiger partial charge is 0.395 e. The van der Waals surface area contributed by atoms with Crippen LogP contribution in [-0.2, 0) is 4.79 Å². The van der Waals surface area contributed by atoms with Crippen molar-refractivity contribution in [3.63, 3.8) is 0 Å². The van der Waals surface area contributed by atoms with Crippen LogP contribution in [0.2, 0.25) is 0 Å². The number of para-hydroxylation sites is 1. The number of amides is 1. The summed E-state index contributed by atoms with van der Waals surface area (Å²) in [4.78, 5) is 13.6. The van der Waals surface area contributed by atoms with Crippen LogP contribution >= 0.6 is 0 Å². The van der Waals surface area contributed by atoms with Gasteiger partial charge in [0.25, 0.3) is 0 Å². The first kappa shape index (κ1) is 12.7. The lowest BCUT2D eigenvalue weighted by molar-refractivity contribution is -0.120. The summed E-state index contributed by atoms with van der Waals surface area (Å²) in [5.41, 5.74) is 0.789. The Balaban J connectivity index is 2.52. The van der Waals surface area contributed by atoms with Gasteiger partial charge in [-0.25, -0.2) is 0 Å². The lowest BCUT2D eigenvalue weighted by Gasteiger charge is -2.22. The Labute approximate surface area is 95.9 Å². The second-order valence-corrected chi connectivity index (χ2v) is 3.74. The third kappa shape index (κ3) is 3.64. The second-order valence-electron chi connectivity index (χ2n) is 3.74. The van der Waals surface area contributed by atoms with E-state index in [1.165, 1.54) is 0 Å². The quantitative estimate of drug-likeness (QED) is 0.779. The monoisotopic (exact) mass is 222 g/mol. The zero-order valence-corrected chi connectivity index (χ0v) is 9.68. The van der Waals surface area contributed by atoms with Crippen molar-refractivity contribution in [3.8, 4) is 0 Å². The Morgan fingerprint density at radius 3 is 2.62 bits per heavy atom. The number of aliphatic hydroxyl groups is 1. The van der Waals surface area contributed by atoms with Crippen LogP contribution in [0.15, 0.2) is 30.3 Å². The molecule has 0 bridgehead atoms. The topological polar surface area (TPSA) is 52.6 Å². The molecule has 1 atom stereocenters. The van der Waals surface area contributed by atoms with E-state index in [1.807, 2.05) is 44.3 Å². The first-order valence-electron chi connectivity index (χ1n) is 5.32. The van der Waals surface area contributed by atoms with Crippen molar-refractivity contribution in [2.45, 2.75) is 13.0 Å². The molecule has 1 unspecified atom stereocenters. The maximum Gasteiger partial charge on any atom is 0.241 e. The van der Waals surface area contributed by atoms with Gasteiger partial charge in [0.05, 0.1) is 12.6 Å². The predicted octanol–water partition coefficient (Wildman–Crippen LogP) is 0.938. The van der Waals surface area contributed by atoms with E-state index in [0.717, 1.165) is 5.69 Å². The number of hydrogen-bond donors (Lipinski definition) is 2. The fraction of sp³-hybridized carbons (Fsp3) is 0.417. The fourth-order valence-electron chi connectivity index (χ4n) is 1.32. The van der Waals surface area contributed by atoms with Crippen LogP contribution in [0.25, 0.3) is 0 Å². The SMILES string of the molecule is CC(C(=O)Nc1ccccc1)N(C)CCO. The molecule has 0 saturated heterocycles. The molecular formula is C12H18N2O2. The van der Waals surface area contributed by atoms with Gasteiger partial charge in [0.2, 0.25) is 5.91 Å². The van der Waals surface area contributed by atoms with E-state index >= 15 is 0 Å². The minimum absolute atomic E-state index is 0.0550. The summed E-state index contributed by atoms with van der Waals surface area (Å²) in [6.07, 6.45) is 0. The Morgan fingerprint density at radius 2 is 2.06 bits per heavy atom. The normalized spacial score (nSPS) is 12.5. The van der Waals surface area contributed by atoms with Crippen molar-refractivity contribution in [2.24, 2.45) is 0 Å². The third-order valence-corrected chi connectivity index (χ3v) is 2.53. The van der Waals surface area contributed by atoms with Gasteiger partial charge < -0.3 is 10.4 Å². The molecule has 2 N–H and O–H groups in total. The number of nitrogens with zero attached hydrogens (tertiary/aromatic N) is 1. The summed E-state index contributed by atoms with van der Waals surface area (Å²) in [7, 11) is 1.81. The second kappa shape index (κ2) is 6.25. The van der Waals surface area contributed by atoms with Crippen LogP contribution in [0.4, 0.5) is 5.69 Å². The number of carbonyl (C=O) groups is 1. The maximum atomic E-state index is 11.8. The highest BCUT2D eigenvalue weighted by Gasteiger charge is 2.17. The molecule has 0 fully saturated rings. The average Bonchev–Trinajstić information content (AvgIpc) is 2.29. The summed E-state index contributed by atoms with van der Waals surface area (Å²) in [5, 5.41) is 11.6. The lowest BCUT2D eigenvalue weighted by Crippen LogP contribution is -2.40. The molecule has 16 heavy (non-hydrogen) atoms. The van der Waals surface area contributed by atoms with Crippen LogP contribution in [0, 0.1) is 0 Å². The molecule has 4 nitrogen and oxygen atoms in total. The highest BCUT2D eigenvalue weighted by Crippen LogP contribution is 2.06. The molecule has 0 aliphatic rings. The van der Waals surface area contributed by atoms with Gasteiger partial charge in [-0.05, 0) is 26.1 Å². The number of anilines is 1. The van der Waals surface area contributed by atoms with Crippen LogP contribution in [0.5, 0.6) is 0 Å². The number of benzene rings is 1. The highest BCUT2D eigenvalue weighted by molar-refractivity contribution is 5.94. The molecule has 0 radical (unpaired) electrons. The van der Waals surface area contributed by atoms with Gasteiger partial charge in [-0.15, -0.1) is 0 Å². The Kier molecular flexibility index (Phi) is 4.95. The van der Waals surface area contributed by atoms with E-state index in [1.54, 1.807) is 4.90 Å². The molecule has 4 heteroatoms. The number of likely N-dealkylation sites (N-methyl/N-ethyl adjacent to an activating group) is 1. The first-order valence-corrected chi connectivity index (χ1v) is 5.32. The number of nitrogens with one attached hydrogen (secondary N) is 1. The molecule has 88 valence electrons. The van der Waals surface area contributed by atoms with Crippen molar-refractivity contribution in [3.05, 3.63) is 30.3 Å². The number of carbonyl (C=O) groups excluding carboxylic acids is 1. The van der Waals surface area contributed by atoms with E-state index in [0.29, 0.717) is 6.54 Å². The zero-order chi connectivity index (χ0) is 12.0. The standard InChI is InChI=1S/C12H18N2O2/c1-10(14(2)8-9-15)12(16)13-11-6-4-3-5-7-11/h3-7,10,15H,8-9H2,1-2H3,(H,13,16). The van der Waals surface area contributed by atoms with E-state index in [4.69, 9.17) is 5.11 Å². The van der Waals surface area contributed by atoms with Crippen LogP contribution in [-0.4, -0.2) is 42.2 Å². The summed E-state index contributed by atoms with van der Waals surface area (Å²) in [6.45, 7) is 2.36. The van der Waals surface area contributed by atoms with Gasteiger partial charge in [0.15, 0.2) is 0 Å². The molecule has 0 aromatic heterocycles. The number of aliphatic hydroxyl groups excluding tert-OH is 1. The van der Waals surface area contributed by atoms with Crippen LogP contribution in [0.1, 0.15) is 6.92 Å². The molecular weight excluding hydrogens is 204 g/mol. The minimum atomic E-state index is -0.257. The Bertz CT molecular complexity index is 327. The lowest BCUT2D eigenvalue weighted by atomic mass is 10.2. The third-order valence-electron chi connectivity index (χ3n) is 2.53. The van der Waals surface area contributed by atoms with Crippen molar-refractivity contribution in [1.29, 1.82) is 0 Å². The molecule has 0 spiro atoms. The predicted molar refractivity (Wildman–Crippen MR) is 64.2 cm³/mol. The number of rotatable bonds is 5. The van der Waals surface area contributed by atoms with Crippen molar-refractivity contribution >= 4 is 11.6 Å². The van der Waals surface area contributed by atoms with Crippen molar-refractivity contribution in [1.82, 2.24) is 4.90 Å². The molecule has 0 aliphatic heterocycles. The smallest absolute Gasteiger partial charge is 0.241 e. The highest BCUT2D eigenvalue weighted by atomic mass is 16.3. The van der Waals surface area contributed by atoms with Crippen molar-refractivity contribution in [2.75, 3.05) is 25.5 Å². The molecule has 1 amide bonds. The maximum absolute atomic E-state index is 11.8. The van der Waals surface area contributed by atoms with Crippen molar-refractivity contribution < 1.29 is 9.90 Å². The molecule has 0 aliphatic carbocycles. The molecule has 0 saturated carbocycles. The average molecular weight is 222 g/mol. The first-order chi connectivity index (χ1) is 7.65. The van der Waals surface area contributed by atoms with E-state index in [2.05, 4.69) is 5.32 Å². The summed E-state index contributed by atoms with van der Waals surface area (Å²) in [5.74, 6) is -0.0675. The van der Waals surface area contributed by atoms with Gasteiger partial charge in [0, 0.05) is 12.2 Å². The van der Waals surface area contributed by atoms with Gasteiger partial charge in [-0.1, -0.05) is 18.2 Å². The fourth-order valence-corrected chi connectivity index (χ4v) is 1.32.